The normalized spacial score (nSPS) is 12.9. The fraction of sp³-hybridized carbons (Fsp3) is 0.583. The van der Waals surface area contributed by atoms with Crippen LogP contribution in [0.25, 0.3) is 0 Å². The Morgan fingerprint density at radius 3 is 2.12 bits per heavy atom. The molecule has 2 atom stereocenters. The van der Waals surface area contributed by atoms with E-state index >= 15 is 0 Å². The Morgan fingerprint density at radius 1 is 0.860 bits per heavy atom. The van der Waals surface area contributed by atoms with Crippen LogP contribution in [0.3, 0.4) is 0 Å². The average Bonchev–Trinajstić information content (AvgIpc) is 2.91. The number of unbranched alkanes of at least 4 members (excludes halogenated alkanes) is 5. The molecule has 0 aromatic heterocycles. The van der Waals surface area contributed by atoms with Crippen molar-refractivity contribution < 1.29 is 19.1 Å². The lowest BCUT2D eigenvalue weighted by Gasteiger charge is -2.35. The SMILES string of the molecule is CCCCCCCCN(C(=O)C(CC(C)C)NC(=O)OC(C)(C)C)C(C(=O)Nc1ccccc1C)c1ccc(C)c(C)c1. The van der Waals surface area contributed by atoms with E-state index in [1.54, 1.807) is 25.7 Å². The molecule has 7 heteroatoms. The second-order valence-electron chi connectivity index (χ2n) is 13.2. The van der Waals surface area contributed by atoms with Gasteiger partial charge in [0.1, 0.15) is 17.7 Å². The van der Waals surface area contributed by atoms with Crippen LogP contribution in [0.15, 0.2) is 42.5 Å². The van der Waals surface area contributed by atoms with E-state index in [0.717, 1.165) is 54.4 Å². The van der Waals surface area contributed by atoms with Crippen molar-refractivity contribution in [2.75, 3.05) is 11.9 Å². The maximum absolute atomic E-state index is 14.5. The highest BCUT2D eigenvalue weighted by Crippen LogP contribution is 2.28. The summed E-state index contributed by atoms with van der Waals surface area (Å²) in [6.45, 7) is 18.0. The molecular formula is C36H55N3O4. The first-order chi connectivity index (χ1) is 20.2. The lowest BCUT2D eigenvalue weighted by molar-refractivity contribution is -0.141. The van der Waals surface area contributed by atoms with E-state index in [2.05, 4.69) is 17.6 Å². The van der Waals surface area contributed by atoms with Crippen LogP contribution in [-0.4, -0.2) is 41.0 Å². The maximum Gasteiger partial charge on any atom is 0.408 e. The van der Waals surface area contributed by atoms with Crippen molar-refractivity contribution in [1.82, 2.24) is 10.2 Å². The number of alkyl carbamates (subject to hydrolysis) is 1. The van der Waals surface area contributed by atoms with Crippen molar-refractivity contribution in [1.29, 1.82) is 0 Å². The van der Waals surface area contributed by atoms with Crippen LogP contribution < -0.4 is 10.6 Å². The van der Waals surface area contributed by atoms with Crippen LogP contribution in [-0.2, 0) is 14.3 Å². The number of carbonyl (C=O) groups excluding carboxylic acids is 3. The first kappa shape index (κ1) is 35.8. The molecule has 2 unspecified atom stereocenters. The van der Waals surface area contributed by atoms with Gasteiger partial charge in [-0.05, 0) is 88.6 Å². The number of nitrogens with one attached hydrogen (secondary N) is 2. The number of amides is 3. The first-order valence-corrected chi connectivity index (χ1v) is 16.0. The van der Waals surface area contributed by atoms with Crippen molar-refractivity contribution in [2.24, 2.45) is 5.92 Å². The smallest absolute Gasteiger partial charge is 0.408 e. The maximum atomic E-state index is 14.5. The summed E-state index contributed by atoms with van der Waals surface area (Å²) in [6, 6.07) is 11.8. The van der Waals surface area contributed by atoms with Gasteiger partial charge in [0.25, 0.3) is 5.91 Å². The van der Waals surface area contributed by atoms with Crippen LogP contribution in [0.5, 0.6) is 0 Å². The Morgan fingerprint density at radius 2 is 1.51 bits per heavy atom. The molecular weight excluding hydrogens is 538 g/mol. The minimum Gasteiger partial charge on any atom is -0.444 e. The zero-order valence-corrected chi connectivity index (χ0v) is 28.0. The van der Waals surface area contributed by atoms with Crippen LogP contribution in [0, 0.1) is 26.7 Å². The Balaban J connectivity index is 2.56. The number of carbonyl (C=O) groups is 3. The largest absolute Gasteiger partial charge is 0.444 e. The van der Waals surface area contributed by atoms with E-state index in [1.807, 2.05) is 77.1 Å². The van der Waals surface area contributed by atoms with Gasteiger partial charge in [-0.15, -0.1) is 0 Å². The van der Waals surface area contributed by atoms with Crippen molar-refractivity contribution in [2.45, 2.75) is 125 Å². The third kappa shape index (κ3) is 12.0. The van der Waals surface area contributed by atoms with Crippen LogP contribution in [0.1, 0.15) is 115 Å². The number of nitrogens with zero attached hydrogens (tertiary/aromatic N) is 1. The van der Waals surface area contributed by atoms with Gasteiger partial charge in [-0.2, -0.15) is 0 Å². The lowest BCUT2D eigenvalue weighted by Crippen LogP contribution is -2.53. The molecule has 0 saturated carbocycles. The van der Waals surface area contributed by atoms with Gasteiger partial charge >= 0.3 is 6.09 Å². The molecule has 0 fully saturated rings. The lowest BCUT2D eigenvalue weighted by atomic mass is 9.96. The number of anilines is 1. The predicted octanol–water partition coefficient (Wildman–Crippen LogP) is 8.42. The summed E-state index contributed by atoms with van der Waals surface area (Å²) in [7, 11) is 0. The Labute approximate surface area is 260 Å². The summed E-state index contributed by atoms with van der Waals surface area (Å²) < 4.78 is 5.53. The van der Waals surface area contributed by atoms with E-state index in [9.17, 15) is 14.4 Å². The Hall–Kier alpha value is -3.35. The zero-order chi connectivity index (χ0) is 32.2. The Kier molecular flexibility index (Phi) is 14.2. The van der Waals surface area contributed by atoms with E-state index in [-0.39, 0.29) is 17.7 Å². The van der Waals surface area contributed by atoms with E-state index in [0.29, 0.717) is 18.7 Å². The third-order valence-corrected chi connectivity index (χ3v) is 7.54. The first-order valence-electron chi connectivity index (χ1n) is 16.0. The monoisotopic (exact) mass is 593 g/mol. The standard InChI is InChI=1S/C36H55N3O4/c1-10-11-12-13-14-17-22-39(34(41)31(23-25(2)3)38-35(42)43-36(7,8)9)32(29-21-20-26(4)28(6)24-29)33(40)37-30-19-16-15-18-27(30)5/h15-16,18-21,24-25,31-32H,10-14,17,22-23H2,1-9H3,(H,37,40)(H,38,42). The zero-order valence-electron chi connectivity index (χ0n) is 28.0. The van der Waals surface area contributed by atoms with Crippen molar-refractivity contribution >= 4 is 23.6 Å². The summed E-state index contributed by atoms with van der Waals surface area (Å²) in [4.78, 5) is 43.3. The second kappa shape index (κ2) is 17.1. The molecule has 2 rings (SSSR count). The molecule has 0 bridgehead atoms. The highest BCUT2D eigenvalue weighted by atomic mass is 16.6. The van der Waals surface area contributed by atoms with Crippen molar-refractivity contribution in [3.63, 3.8) is 0 Å². The van der Waals surface area contributed by atoms with E-state index < -0.39 is 23.8 Å². The summed E-state index contributed by atoms with van der Waals surface area (Å²) in [6.07, 6.45) is 6.06. The highest BCUT2D eigenvalue weighted by molar-refractivity contribution is 5.99. The quantitative estimate of drug-likeness (QED) is 0.203. The summed E-state index contributed by atoms with van der Waals surface area (Å²) in [5, 5.41) is 5.95. The molecule has 238 valence electrons. The topological polar surface area (TPSA) is 87.7 Å². The predicted molar refractivity (Wildman–Crippen MR) is 176 cm³/mol. The van der Waals surface area contributed by atoms with E-state index in [4.69, 9.17) is 4.74 Å². The van der Waals surface area contributed by atoms with Gasteiger partial charge in [-0.3, -0.25) is 9.59 Å². The molecule has 43 heavy (non-hydrogen) atoms. The number of aryl methyl sites for hydroxylation is 3. The van der Waals surface area contributed by atoms with Gasteiger partial charge < -0.3 is 20.3 Å². The van der Waals surface area contributed by atoms with Crippen LogP contribution in [0.4, 0.5) is 10.5 Å². The number of para-hydroxylation sites is 1. The molecule has 0 saturated heterocycles. The number of benzene rings is 2. The van der Waals surface area contributed by atoms with Gasteiger partial charge in [-0.25, -0.2) is 4.79 Å². The second-order valence-corrected chi connectivity index (χ2v) is 13.2. The highest BCUT2D eigenvalue weighted by Gasteiger charge is 2.36. The minimum absolute atomic E-state index is 0.126. The molecule has 3 amide bonds. The van der Waals surface area contributed by atoms with Gasteiger partial charge in [-0.1, -0.05) is 89.3 Å². The Bertz CT molecular complexity index is 1200. The third-order valence-electron chi connectivity index (χ3n) is 7.54. The van der Waals surface area contributed by atoms with Gasteiger partial charge in [0, 0.05) is 12.2 Å². The molecule has 2 aromatic carbocycles. The molecule has 0 aliphatic heterocycles. The minimum atomic E-state index is -0.878. The molecule has 0 radical (unpaired) electrons. The molecule has 0 heterocycles. The fourth-order valence-electron chi connectivity index (χ4n) is 5.09. The number of hydrogen-bond acceptors (Lipinski definition) is 4. The van der Waals surface area contributed by atoms with Crippen molar-refractivity contribution in [3.05, 3.63) is 64.7 Å². The molecule has 0 spiro atoms. The fourth-order valence-corrected chi connectivity index (χ4v) is 5.09. The van der Waals surface area contributed by atoms with Gasteiger partial charge in [0.2, 0.25) is 5.91 Å². The van der Waals surface area contributed by atoms with Gasteiger partial charge in [0.05, 0.1) is 0 Å². The van der Waals surface area contributed by atoms with Crippen LogP contribution >= 0.6 is 0 Å². The molecule has 7 nitrogen and oxygen atoms in total. The van der Waals surface area contributed by atoms with Crippen molar-refractivity contribution in [3.8, 4) is 0 Å². The number of ether oxygens (including phenoxy) is 1. The van der Waals surface area contributed by atoms with E-state index in [1.165, 1.54) is 6.42 Å². The molecule has 0 aliphatic rings. The molecule has 2 N–H and O–H groups in total. The molecule has 2 aromatic rings. The van der Waals surface area contributed by atoms with Crippen LogP contribution in [0.2, 0.25) is 0 Å². The summed E-state index contributed by atoms with van der Waals surface area (Å²) in [5.74, 6) is -0.436. The van der Waals surface area contributed by atoms with Gasteiger partial charge in [0.15, 0.2) is 0 Å². The summed E-state index contributed by atoms with van der Waals surface area (Å²) >= 11 is 0. The average molecular weight is 594 g/mol. The summed E-state index contributed by atoms with van der Waals surface area (Å²) in [5.41, 5.74) is 3.84. The number of rotatable bonds is 15. The number of hydrogen-bond donors (Lipinski definition) is 2. The molecule has 0 aliphatic carbocycles.